The molecule has 2 heterocycles. The van der Waals surface area contributed by atoms with Gasteiger partial charge in [-0.25, -0.2) is 0 Å². The highest BCUT2D eigenvalue weighted by atomic mass is 16.3. The molecule has 18 heavy (non-hydrogen) atoms. The maximum atomic E-state index is 10.6. The van der Waals surface area contributed by atoms with Gasteiger partial charge in [-0.1, -0.05) is 0 Å². The zero-order valence-electron chi connectivity index (χ0n) is 11.3. The molecule has 4 nitrogen and oxygen atoms in total. The fourth-order valence-electron chi connectivity index (χ4n) is 2.88. The fourth-order valence-corrected chi connectivity index (χ4v) is 2.88. The van der Waals surface area contributed by atoms with Crippen molar-refractivity contribution in [2.45, 2.75) is 57.2 Å². The minimum absolute atomic E-state index is 0.389. The van der Waals surface area contributed by atoms with E-state index in [1.165, 1.54) is 12.8 Å². The predicted molar refractivity (Wildman–Crippen MR) is 70.5 cm³/mol. The highest BCUT2D eigenvalue weighted by Crippen LogP contribution is 2.34. The van der Waals surface area contributed by atoms with Crippen molar-refractivity contribution in [2.24, 2.45) is 0 Å². The summed E-state index contributed by atoms with van der Waals surface area (Å²) < 4.78 is 1.96. The molecule has 1 aliphatic carbocycles. The summed E-state index contributed by atoms with van der Waals surface area (Å²) in [5.74, 6) is 0. The van der Waals surface area contributed by atoms with Gasteiger partial charge in [-0.05, 0) is 39.2 Å². The van der Waals surface area contributed by atoms with Crippen LogP contribution in [-0.4, -0.2) is 44.5 Å². The summed E-state index contributed by atoms with van der Waals surface area (Å²) in [6, 6.07) is 3.18. The number of likely N-dealkylation sites (tertiary alicyclic amines) is 1. The smallest absolute Gasteiger partial charge is 0.0842 e. The topological polar surface area (TPSA) is 41.3 Å². The third-order valence-corrected chi connectivity index (χ3v) is 4.13. The van der Waals surface area contributed by atoms with Gasteiger partial charge in [0.15, 0.2) is 0 Å². The molecule has 1 aromatic rings. The van der Waals surface area contributed by atoms with Crippen molar-refractivity contribution in [1.82, 2.24) is 14.7 Å². The largest absolute Gasteiger partial charge is 0.388 e. The number of nitrogens with zero attached hydrogens (tertiary/aromatic N) is 3. The third-order valence-electron chi connectivity index (χ3n) is 4.13. The summed E-state index contributed by atoms with van der Waals surface area (Å²) in [5, 5.41) is 15.2. The molecule has 1 saturated heterocycles. The van der Waals surface area contributed by atoms with E-state index in [1.54, 1.807) is 0 Å². The molecular weight excluding hydrogens is 226 g/mol. The number of aromatic nitrogens is 2. The Labute approximate surface area is 109 Å². The number of β-amino-alcohol motifs (C(OH)–C–C–N with tert-alkyl or cyclic N) is 1. The standard InChI is InChI=1S/C14H23N3O/c1-11(2)17-7-5-12(15-17)9-14(18)6-8-16(10-14)13-3-4-13/h5,7,11,13,18H,3-4,6,8-10H2,1-2H3. The molecule has 1 saturated carbocycles. The first-order chi connectivity index (χ1) is 8.56. The monoisotopic (exact) mass is 249 g/mol. The molecule has 0 bridgehead atoms. The van der Waals surface area contributed by atoms with Crippen LogP contribution in [-0.2, 0) is 6.42 Å². The molecular formula is C14H23N3O. The molecule has 2 aliphatic rings. The van der Waals surface area contributed by atoms with E-state index < -0.39 is 5.60 Å². The van der Waals surface area contributed by atoms with Gasteiger partial charge in [0.2, 0.25) is 0 Å². The van der Waals surface area contributed by atoms with Gasteiger partial charge in [0.25, 0.3) is 0 Å². The molecule has 1 unspecified atom stereocenters. The molecule has 4 heteroatoms. The molecule has 0 spiro atoms. The first-order valence-corrected chi connectivity index (χ1v) is 7.06. The molecule has 1 N–H and O–H groups in total. The fraction of sp³-hybridized carbons (Fsp3) is 0.786. The highest BCUT2D eigenvalue weighted by molar-refractivity contribution is 5.08. The van der Waals surface area contributed by atoms with E-state index in [2.05, 4.69) is 23.8 Å². The van der Waals surface area contributed by atoms with Crippen LogP contribution in [0.15, 0.2) is 12.3 Å². The highest BCUT2D eigenvalue weighted by Gasteiger charge is 2.42. The lowest BCUT2D eigenvalue weighted by molar-refractivity contribution is 0.0476. The van der Waals surface area contributed by atoms with Crippen molar-refractivity contribution >= 4 is 0 Å². The van der Waals surface area contributed by atoms with Crippen LogP contribution in [0.1, 0.15) is 44.8 Å². The summed E-state index contributed by atoms with van der Waals surface area (Å²) in [6.45, 7) is 6.12. The zero-order chi connectivity index (χ0) is 12.8. The summed E-state index contributed by atoms with van der Waals surface area (Å²) in [7, 11) is 0. The van der Waals surface area contributed by atoms with Gasteiger partial charge in [0.1, 0.15) is 0 Å². The Hall–Kier alpha value is -0.870. The van der Waals surface area contributed by atoms with Crippen molar-refractivity contribution in [1.29, 1.82) is 0 Å². The Bertz CT molecular complexity index is 424. The predicted octanol–water partition coefficient (Wildman–Crippen LogP) is 1.61. The van der Waals surface area contributed by atoms with E-state index in [0.717, 1.165) is 31.2 Å². The lowest BCUT2D eigenvalue weighted by Gasteiger charge is -2.22. The van der Waals surface area contributed by atoms with Gasteiger partial charge in [-0.2, -0.15) is 5.10 Å². The molecule has 1 aromatic heterocycles. The van der Waals surface area contributed by atoms with E-state index in [-0.39, 0.29) is 0 Å². The van der Waals surface area contributed by atoms with Crippen molar-refractivity contribution in [3.05, 3.63) is 18.0 Å². The summed E-state index contributed by atoms with van der Waals surface area (Å²) >= 11 is 0. The first-order valence-electron chi connectivity index (χ1n) is 7.06. The van der Waals surface area contributed by atoms with E-state index in [1.807, 2.05) is 16.9 Å². The van der Waals surface area contributed by atoms with Crippen molar-refractivity contribution in [3.63, 3.8) is 0 Å². The second-order valence-electron chi connectivity index (χ2n) is 6.23. The lowest BCUT2D eigenvalue weighted by Crippen LogP contribution is -2.36. The van der Waals surface area contributed by atoms with Gasteiger partial charge in [0.05, 0.1) is 11.3 Å². The SMILES string of the molecule is CC(C)n1ccc(CC2(O)CCN(C3CC3)C2)n1. The molecule has 1 atom stereocenters. The normalized spacial score (nSPS) is 29.3. The molecule has 100 valence electrons. The quantitative estimate of drug-likeness (QED) is 0.881. The van der Waals surface area contributed by atoms with Gasteiger partial charge >= 0.3 is 0 Å². The third kappa shape index (κ3) is 2.45. The van der Waals surface area contributed by atoms with Gasteiger partial charge in [0, 0.05) is 37.8 Å². The van der Waals surface area contributed by atoms with Crippen LogP contribution in [0.2, 0.25) is 0 Å². The maximum Gasteiger partial charge on any atom is 0.0842 e. The molecule has 0 radical (unpaired) electrons. The van der Waals surface area contributed by atoms with Crippen LogP contribution in [0.25, 0.3) is 0 Å². The van der Waals surface area contributed by atoms with Crippen LogP contribution in [0.4, 0.5) is 0 Å². The first kappa shape index (κ1) is 12.2. The summed E-state index contributed by atoms with van der Waals surface area (Å²) in [6.07, 6.45) is 6.22. The van der Waals surface area contributed by atoms with Crippen LogP contribution < -0.4 is 0 Å². The molecule has 0 amide bonds. The molecule has 2 fully saturated rings. The van der Waals surface area contributed by atoms with E-state index in [9.17, 15) is 5.11 Å². The minimum atomic E-state index is -0.557. The lowest BCUT2D eigenvalue weighted by atomic mass is 9.97. The Morgan fingerprint density at radius 1 is 1.50 bits per heavy atom. The molecule has 0 aromatic carbocycles. The van der Waals surface area contributed by atoms with Crippen LogP contribution in [0, 0.1) is 0 Å². The summed E-state index contributed by atoms with van der Waals surface area (Å²) in [4.78, 5) is 2.44. The zero-order valence-corrected chi connectivity index (χ0v) is 11.3. The second-order valence-corrected chi connectivity index (χ2v) is 6.23. The Kier molecular flexibility index (Phi) is 2.94. The van der Waals surface area contributed by atoms with Gasteiger partial charge < -0.3 is 5.11 Å². The van der Waals surface area contributed by atoms with E-state index in [4.69, 9.17) is 0 Å². The van der Waals surface area contributed by atoms with Crippen LogP contribution >= 0.6 is 0 Å². The Morgan fingerprint density at radius 3 is 2.89 bits per heavy atom. The van der Waals surface area contributed by atoms with Crippen molar-refractivity contribution in [3.8, 4) is 0 Å². The maximum absolute atomic E-state index is 10.6. The Morgan fingerprint density at radius 2 is 2.28 bits per heavy atom. The van der Waals surface area contributed by atoms with E-state index >= 15 is 0 Å². The van der Waals surface area contributed by atoms with Crippen molar-refractivity contribution < 1.29 is 5.11 Å². The second kappa shape index (κ2) is 4.35. The number of hydrogen-bond donors (Lipinski definition) is 1. The number of hydrogen-bond acceptors (Lipinski definition) is 3. The van der Waals surface area contributed by atoms with Crippen LogP contribution in [0.5, 0.6) is 0 Å². The van der Waals surface area contributed by atoms with Gasteiger partial charge in [-0.3, -0.25) is 9.58 Å². The molecule has 3 rings (SSSR count). The average Bonchev–Trinajstić information content (AvgIpc) is 2.94. The number of rotatable bonds is 4. The average molecular weight is 249 g/mol. The van der Waals surface area contributed by atoms with Gasteiger partial charge in [-0.15, -0.1) is 0 Å². The minimum Gasteiger partial charge on any atom is -0.388 e. The van der Waals surface area contributed by atoms with Crippen molar-refractivity contribution in [2.75, 3.05) is 13.1 Å². The van der Waals surface area contributed by atoms with E-state index in [0.29, 0.717) is 12.5 Å². The summed E-state index contributed by atoms with van der Waals surface area (Å²) in [5.41, 5.74) is 0.461. The molecule has 1 aliphatic heterocycles. The Balaban J connectivity index is 1.64. The number of aliphatic hydroxyl groups is 1. The van der Waals surface area contributed by atoms with Crippen LogP contribution in [0.3, 0.4) is 0 Å².